The zero-order valence-electron chi connectivity index (χ0n) is 7.30. The van der Waals surface area contributed by atoms with E-state index in [9.17, 15) is 8.42 Å². The van der Waals surface area contributed by atoms with Crippen molar-refractivity contribution in [1.82, 2.24) is 4.98 Å². The van der Waals surface area contributed by atoms with Gasteiger partial charge < -0.3 is 0 Å². The van der Waals surface area contributed by atoms with Crippen molar-refractivity contribution in [2.75, 3.05) is 5.75 Å². The largest absolute Gasteiger partial charge is 0.267 e. The van der Waals surface area contributed by atoms with E-state index in [4.69, 9.17) is 4.18 Å². The molecule has 0 unspecified atom stereocenters. The average molecular weight is 201 g/mol. The van der Waals surface area contributed by atoms with Crippen molar-refractivity contribution in [1.29, 1.82) is 0 Å². The van der Waals surface area contributed by atoms with Crippen LogP contribution >= 0.6 is 0 Å². The maximum absolute atomic E-state index is 10.9. The molecular weight excluding hydrogens is 190 g/mol. The van der Waals surface area contributed by atoms with Crippen LogP contribution in [-0.4, -0.2) is 19.2 Å². The molecule has 0 amide bonds. The molecule has 0 spiro atoms. The van der Waals surface area contributed by atoms with Crippen LogP contribution < -0.4 is 0 Å². The summed E-state index contributed by atoms with van der Waals surface area (Å²) in [6, 6.07) is 3.50. The van der Waals surface area contributed by atoms with Crippen LogP contribution in [0.2, 0.25) is 0 Å². The lowest BCUT2D eigenvalue weighted by atomic mass is 10.3. The lowest BCUT2D eigenvalue weighted by Gasteiger charge is -2.01. The van der Waals surface area contributed by atoms with Crippen molar-refractivity contribution in [2.45, 2.75) is 13.5 Å². The summed E-state index contributed by atoms with van der Waals surface area (Å²) in [6.45, 7) is 1.60. The van der Waals surface area contributed by atoms with E-state index in [0.29, 0.717) is 0 Å². The van der Waals surface area contributed by atoms with Crippen LogP contribution in [0.15, 0.2) is 24.5 Å². The van der Waals surface area contributed by atoms with Gasteiger partial charge in [-0.3, -0.25) is 9.17 Å². The fourth-order valence-electron chi connectivity index (χ4n) is 0.725. The van der Waals surface area contributed by atoms with E-state index in [-0.39, 0.29) is 12.4 Å². The Morgan fingerprint density at radius 3 is 2.85 bits per heavy atom. The first kappa shape index (κ1) is 10.1. The molecule has 1 rings (SSSR count). The highest BCUT2D eigenvalue weighted by molar-refractivity contribution is 7.86. The zero-order chi connectivity index (χ0) is 9.73. The molecule has 1 aromatic rings. The first-order valence-electron chi connectivity index (χ1n) is 3.90. The van der Waals surface area contributed by atoms with Crippen LogP contribution in [-0.2, 0) is 20.9 Å². The van der Waals surface area contributed by atoms with E-state index in [1.807, 2.05) is 0 Å². The third kappa shape index (κ3) is 3.52. The second kappa shape index (κ2) is 4.34. The minimum absolute atomic E-state index is 0.00668. The van der Waals surface area contributed by atoms with E-state index in [0.717, 1.165) is 5.56 Å². The van der Waals surface area contributed by atoms with Crippen LogP contribution in [0.25, 0.3) is 0 Å². The number of aromatic nitrogens is 1. The smallest absolute Gasteiger partial charge is 0.265 e. The Morgan fingerprint density at radius 1 is 1.54 bits per heavy atom. The van der Waals surface area contributed by atoms with Gasteiger partial charge >= 0.3 is 0 Å². The number of rotatable bonds is 4. The Hall–Kier alpha value is -0.940. The first-order chi connectivity index (χ1) is 6.14. The fraction of sp³-hybridized carbons (Fsp3) is 0.375. The van der Waals surface area contributed by atoms with Crippen molar-refractivity contribution in [2.24, 2.45) is 0 Å². The summed E-state index contributed by atoms with van der Waals surface area (Å²) in [4.78, 5) is 3.84. The van der Waals surface area contributed by atoms with Gasteiger partial charge in [0, 0.05) is 12.4 Å². The highest BCUT2D eigenvalue weighted by Gasteiger charge is 2.06. The molecule has 1 aromatic heterocycles. The first-order valence-corrected chi connectivity index (χ1v) is 5.48. The third-order valence-corrected chi connectivity index (χ3v) is 2.67. The quantitative estimate of drug-likeness (QED) is 0.680. The molecule has 0 aromatic carbocycles. The predicted molar refractivity (Wildman–Crippen MR) is 48.5 cm³/mol. The lowest BCUT2D eigenvalue weighted by Crippen LogP contribution is -2.07. The summed E-state index contributed by atoms with van der Waals surface area (Å²) < 4.78 is 26.6. The van der Waals surface area contributed by atoms with E-state index in [1.54, 1.807) is 31.5 Å². The van der Waals surface area contributed by atoms with E-state index >= 15 is 0 Å². The molecule has 0 aliphatic carbocycles. The number of nitrogens with zero attached hydrogens (tertiary/aromatic N) is 1. The van der Waals surface area contributed by atoms with Gasteiger partial charge in [-0.25, -0.2) is 0 Å². The number of pyridine rings is 1. The van der Waals surface area contributed by atoms with Crippen molar-refractivity contribution in [3.05, 3.63) is 30.1 Å². The highest BCUT2D eigenvalue weighted by Crippen LogP contribution is 2.02. The molecule has 0 atom stereocenters. The van der Waals surface area contributed by atoms with E-state index < -0.39 is 10.1 Å². The highest BCUT2D eigenvalue weighted by atomic mass is 32.2. The number of hydrogen-bond acceptors (Lipinski definition) is 4. The van der Waals surface area contributed by atoms with Gasteiger partial charge in [0.15, 0.2) is 0 Å². The minimum atomic E-state index is -3.35. The molecule has 0 fully saturated rings. The maximum atomic E-state index is 10.9. The Kier molecular flexibility index (Phi) is 3.39. The van der Waals surface area contributed by atoms with Crippen molar-refractivity contribution in [3.8, 4) is 0 Å². The van der Waals surface area contributed by atoms with Gasteiger partial charge in [0.2, 0.25) is 0 Å². The van der Waals surface area contributed by atoms with Gasteiger partial charge in [-0.15, -0.1) is 0 Å². The van der Waals surface area contributed by atoms with Crippen LogP contribution in [0.3, 0.4) is 0 Å². The van der Waals surface area contributed by atoms with Crippen LogP contribution in [0.5, 0.6) is 0 Å². The topological polar surface area (TPSA) is 56.3 Å². The molecule has 0 saturated heterocycles. The van der Waals surface area contributed by atoms with Crippen molar-refractivity contribution < 1.29 is 12.6 Å². The molecule has 72 valence electrons. The summed E-state index contributed by atoms with van der Waals surface area (Å²) in [6.07, 6.45) is 3.20. The Morgan fingerprint density at radius 2 is 2.31 bits per heavy atom. The Labute approximate surface area is 77.7 Å². The molecule has 4 nitrogen and oxygen atoms in total. The SMILES string of the molecule is CCS(=O)(=O)OCc1cccnc1. The van der Waals surface area contributed by atoms with E-state index in [1.165, 1.54) is 0 Å². The normalized spacial score (nSPS) is 11.5. The molecule has 1 heterocycles. The predicted octanol–water partition coefficient (Wildman–Crippen LogP) is 0.948. The van der Waals surface area contributed by atoms with Gasteiger partial charge in [-0.2, -0.15) is 8.42 Å². The van der Waals surface area contributed by atoms with Gasteiger partial charge in [0.05, 0.1) is 12.4 Å². The zero-order valence-corrected chi connectivity index (χ0v) is 8.12. The summed E-state index contributed by atoms with van der Waals surface area (Å²) in [5.74, 6) is -0.00668. The molecule has 13 heavy (non-hydrogen) atoms. The standard InChI is InChI=1S/C8H11NO3S/c1-2-13(10,11)12-7-8-4-3-5-9-6-8/h3-6H,2,7H2,1H3. The number of hydrogen-bond donors (Lipinski definition) is 0. The van der Waals surface area contributed by atoms with Crippen molar-refractivity contribution in [3.63, 3.8) is 0 Å². The van der Waals surface area contributed by atoms with Crippen molar-refractivity contribution >= 4 is 10.1 Å². The van der Waals surface area contributed by atoms with Gasteiger partial charge in [-0.1, -0.05) is 6.07 Å². The molecule has 5 heteroatoms. The molecule has 0 radical (unpaired) electrons. The average Bonchev–Trinajstić information content (AvgIpc) is 2.17. The molecule has 0 aliphatic rings. The lowest BCUT2D eigenvalue weighted by molar-refractivity contribution is 0.308. The third-order valence-electron chi connectivity index (χ3n) is 1.48. The van der Waals surface area contributed by atoms with Crippen LogP contribution in [0, 0.1) is 0 Å². The van der Waals surface area contributed by atoms with Crippen LogP contribution in [0.1, 0.15) is 12.5 Å². The van der Waals surface area contributed by atoms with Crippen LogP contribution in [0.4, 0.5) is 0 Å². The molecule has 0 saturated carbocycles. The summed E-state index contributed by atoms with van der Waals surface area (Å²) >= 11 is 0. The van der Waals surface area contributed by atoms with Gasteiger partial charge in [-0.05, 0) is 18.6 Å². The Bertz CT molecular complexity index is 347. The molecule has 0 aliphatic heterocycles. The summed E-state index contributed by atoms with van der Waals surface area (Å²) in [5.41, 5.74) is 0.750. The summed E-state index contributed by atoms with van der Waals surface area (Å²) in [5, 5.41) is 0. The Balaban J connectivity index is 2.54. The molecule has 0 bridgehead atoms. The second-order valence-corrected chi connectivity index (χ2v) is 4.40. The summed E-state index contributed by atoms with van der Waals surface area (Å²) in [7, 11) is -3.35. The monoisotopic (exact) mass is 201 g/mol. The minimum Gasteiger partial charge on any atom is -0.265 e. The van der Waals surface area contributed by atoms with Gasteiger partial charge in [0.1, 0.15) is 0 Å². The van der Waals surface area contributed by atoms with E-state index in [2.05, 4.69) is 4.98 Å². The van der Waals surface area contributed by atoms with Gasteiger partial charge in [0.25, 0.3) is 10.1 Å². The maximum Gasteiger partial charge on any atom is 0.267 e. The molecule has 0 N–H and O–H groups in total. The second-order valence-electron chi connectivity index (χ2n) is 2.47. The molecular formula is C8H11NO3S. The fourth-order valence-corrected chi connectivity index (χ4v) is 1.21.